The maximum Gasteiger partial charge on any atom is 0.313 e. The van der Waals surface area contributed by atoms with Crippen molar-refractivity contribution >= 4 is 22.4 Å². The van der Waals surface area contributed by atoms with E-state index < -0.39 is 17.0 Å². The van der Waals surface area contributed by atoms with E-state index in [1.54, 1.807) is 18.3 Å². The zero-order chi connectivity index (χ0) is 21.0. The van der Waals surface area contributed by atoms with Gasteiger partial charge in [0.1, 0.15) is 11.6 Å². The summed E-state index contributed by atoms with van der Waals surface area (Å²) in [4.78, 5) is 22.6. The first-order chi connectivity index (χ1) is 13.8. The van der Waals surface area contributed by atoms with Gasteiger partial charge < -0.3 is 9.64 Å². The average Bonchev–Trinajstić information content (AvgIpc) is 3.13. The van der Waals surface area contributed by atoms with Crippen LogP contribution in [0, 0.1) is 17.0 Å². The van der Waals surface area contributed by atoms with Crippen LogP contribution in [0.4, 0.5) is 13.9 Å². The molecule has 1 aromatic carbocycles. The Morgan fingerprint density at radius 3 is 2.83 bits per heavy atom. The molecule has 0 aliphatic carbocycles. The minimum Gasteiger partial charge on any atom is -0.466 e. The summed E-state index contributed by atoms with van der Waals surface area (Å²) in [6.45, 7) is 4.04. The number of halogens is 2. The van der Waals surface area contributed by atoms with Gasteiger partial charge in [0.2, 0.25) is 0 Å². The van der Waals surface area contributed by atoms with Crippen LogP contribution < -0.4 is 4.90 Å². The van der Waals surface area contributed by atoms with Gasteiger partial charge in [-0.2, -0.15) is 0 Å². The van der Waals surface area contributed by atoms with Gasteiger partial charge in [0.05, 0.1) is 12.0 Å². The number of esters is 1. The normalized spacial score (nSPS) is 19.9. The van der Waals surface area contributed by atoms with Crippen molar-refractivity contribution in [3.8, 4) is 0 Å². The number of carbonyl (C=O) groups excluding carboxylic acids is 1. The molecule has 8 heteroatoms. The van der Waals surface area contributed by atoms with Gasteiger partial charge in [0, 0.05) is 44.3 Å². The number of ether oxygens (including phenoxy) is 1. The molecular weight excluding hydrogens is 396 g/mol. The van der Waals surface area contributed by atoms with Crippen LogP contribution in [-0.2, 0) is 22.5 Å². The van der Waals surface area contributed by atoms with Crippen LogP contribution in [0.25, 0.3) is 0 Å². The average molecular weight is 424 g/mol. The zero-order valence-electron chi connectivity index (χ0n) is 17.1. The summed E-state index contributed by atoms with van der Waals surface area (Å²) in [5.74, 6) is -1.56. The molecule has 2 aromatic rings. The van der Waals surface area contributed by atoms with Crippen LogP contribution in [0.3, 0.4) is 0 Å². The molecule has 0 amide bonds. The Kier molecular flexibility index (Phi) is 6.85. The lowest BCUT2D eigenvalue weighted by Gasteiger charge is -2.41. The quantitative estimate of drug-likeness (QED) is 0.633. The molecule has 29 heavy (non-hydrogen) atoms. The Balaban J connectivity index is 1.82. The zero-order valence-corrected chi connectivity index (χ0v) is 17.9. The molecule has 1 aromatic heterocycles. The van der Waals surface area contributed by atoms with E-state index in [0.29, 0.717) is 25.1 Å². The smallest absolute Gasteiger partial charge is 0.313 e. The lowest BCUT2D eigenvalue weighted by atomic mass is 9.75. The SMILES string of the molecule is CCOC(=O)[C@]1(Cc2ccc(F)cc2F)CCCN(Cc2cnc(N(C)C)s2)C1. The third-order valence-corrected chi connectivity index (χ3v) is 6.36. The highest BCUT2D eigenvalue weighted by Gasteiger charge is 2.44. The lowest BCUT2D eigenvalue weighted by Crippen LogP contribution is -2.49. The van der Waals surface area contributed by atoms with Crippen molar-refractivity contribution in [1.29, 1.82) is 0 Å². The molecule has 0 spiro atoms. The molecule has 1 fully saturated rings. The number of likely N-dealkylation sites (tertiary alicyclic amines) is 1. The Hall–Kier alpha value is -2.06. The molecule has 0 radical (unpaired) electrons. The van der Waals surface area contributed by atoms with Crippen molar-refractivity contribution in [2.24, 2.45) is 5.41 Å². The van der Waals surface area contributed by atoms with Crippen LogP contribution in [0.2, 0.25) is 0 Å². The number of rotatable bonds is 7. The molecule has 158 valence electrons. The molecule has 1 saturated heterocycles. The number of piperidine rings is 1. The number of thiazole rings is 1. The van der Waals surface area contributed by atoms with E-state index in [1.165, 1.54) is 12.1 Å². The van der Waals surface area contributed by atoms with Crippen LogP contribution in [0.15, 0.2) is 24.4 Å². The fourth-order valence-corrected chi connectivity index (χ4v) is 4.73. The predicted octanol–water partition coefficient (Wildman–Crippen LogP) is 3.88. The van der Waals surface area contributed by atoms with E-state index in [0.717, 1.165) is 29.0 Å². The summed E-state index contributed by atoms with van der Waals surface area (Å²) in [6, 6.07) is 3.53. The largest absolute Gasteiger partial charge is 0.466 e. The first kappa shape index (κ1) is 21.6. The van der Waals surface area contributed by atoms with Gasteiger partial charge in [-0.25, -0.2) is 13.8 Å². The van der Waals surface area contributed by atoms with Gasteiger partial charge in [-0.3, -0.25) is 9.69 Å². The summed E-state index contributed by atoms with van der Waals surface area (Å²) in [5, 5.41) is 0.932. The Labute approximate surface area is 174 Å². The third kappa shape index (κ3) is 5.11. The van der Waals surface area contributed by atoms with Crippen LogP contribution in [0.1, 0.15) is 30.2 Å². The van der Waals surface area contributed by atoms with Crippen LogP contribution >= 0.6 is 11.3 Å². The van der Waals surface area contributed by atoms with Gasteiger partial charge >= 0.3 is 5.97 Å². The molecule has 2 heterocycles. The summed E-state index contributed by atoms with van der Waals surface area (Å²) in [7, 11) is 3.90. The fourth-order valence-electron chi connectivity index (χ4n) is 3.86. The first-order valence-electron chi connectivity index (χ1n) is 9.78. The minimum atomic E-state index is -0.845. The molecule has 0 unspecified atom stereocenters. The van der Waals surface area contributed by atoms with Crippen molar-refractivity contribution in [1.82, 2.24) is 9.88 Å². The molecule has 0 bridgehead atoms. The Morgan fingerprint density at radius 2 is 2.17 bits per heavy atom. The molecule has 1 atom stereocenters. The summed E-state index contributed by atoms with van der Waals surface area (Å²) in [5.41, 5.74) is -0.504. The number of hydrogen-bond donors (Lipinski definition) is 0. The van der Waals surface area contributed by atoms with Gasteiger partial charge in [-0.05, 0) is 44.4 Å². The van der Waals surface area contributed by atoms with Crippen LogP contribution in [0.5, 0.6) is 0 Å². The number of anilines is 1. The van der Waals surface area contributed by atoms with E-state index >= 15 is 0 Å². The third-order valence-electron chi connectivity index (χ3n) is 5.21. The predicted molar refractivity (Wildman–Crippen MR) is 110 cm³/mol. The summed E-state index contributed by atoms with van der Waals surface area (Å²) >= 11 is 1.62. The molecule has 3 rings (SSSR count). The van der Waals surface area contributed by atoms with Crippen LogP contribution in [-0.4, -0.2) is 49.6 Å². The molecule has 5 nitrogen and oxygen atoms in total. The van der Waals surface area contributed by atoms with Crippen molar-refractivity contribution in [3.05, 3.63) is 46.5 Å². The minimum absolute atomic E-state index is 0.195. The second-order valence-electron chi connectivity index (χ2n) is 7.73. The second kappa shape index (κ2) is 9.17. The Morgan fingerprint density at radius 1 is 1.38 bits per heavy atom. The number of nitrogens with zero attached hydrogens (tertiary/aromatic N) is 3. The maximum absolute atomic E-state index is 14.3. The topological polar surface area (TPSA) is 45.7 Å². The molecule has 0 saturated carbocycles. The number of carbonyl (C=O) groups is 1. The molecule has 1 aliphatic rings. The van der Waals surface area contributed by atoms with Gasteiger partial charge in [0.15, 0.2) is 5.13 Å². The van der Waals surface area contributed by atoms with E-state index in [4.69, 9.17) is 4.74 Å². The monoisotopic (exact) mass is 423 g/mol. The van der Waals surface area contributed by atoms with E-state index in [-0.39, 0.29) is 19.0 Å². The standard InChI is InChI=1S/C21H27F2N3O2S/c1-4-28-19(27)21(11-15-6-7-16(22)10-18(15)23)8-5-9-26(14-21)13-17-12-24-20(29-17)25(2)3/h6-7,10,12H,4-5,8-9,11,13-14H2,1-3H3/t21-/m0/s1. The van der Waals surface area contributed by atoms with Gasteiger partial charge in [0.25, 0.3) is 0 Å². The van der Waals surface area contributed by atoms with E-state index in [2.05, 4.69) is 9.88 Å². The summed E-state index contributed by atoms with van der Waals surface area (Å²) in [6.07, 6.45) is 3.48. The second-order valence-corrected chi connectivity index (χ2v) is 8.82. The highest BCUT2D eigenvalue weighted by Crippen LogP contribution is 2.37. The molecule has 1 aliphatic heterocycles. The van der Waals surface area contributed by atoms with Crippen molar-refractivity contribution < 1.29 is 18.3 Å². The Bertz CT molecular complexity index is 858. The van der Waals surface area contributed by atoms with E-state index in [1.807, 2.05) is 25.2 Å². The number of hydrogen-bond acceptors (Lipinski definition) is 6. The van der Waals surface area contributed by atoms with Gasteiger partial charge in [-0.15, -0.1) is 11.3 Å². The van der Waals surface area contributed by atoms with Crippen molar-refractivity contribution in [2.75, 3.05) is 38.7 Å². The van der Waals surface area contributed by atoms with E-state index in [9.17, 15) is 13.6 Å². The van der Waals surface area contributed by atoms with Crippen molar-refractivity contribution in [2.45, 2.75) is 32.7 Å². The maximum atomic E-state index is 14.3. The molecular formula is C21H27F2N3O2S. The highest BCUT2D eigenvalue weighted by molar-refractivity contribution is 7.15. The summed E-state index contributed by atoms with van der Waals surface area (Å²) < 4.78 is 33.0. The fraction of sp³-hybridized carbons (Fsp3) is 0.524. The van der Waals surface area contributed by atoms with Crippen molar-refractivity contribution in [3.63, 3.8) is 0 Å². The lowest BCUT2D eigenvalue weighted by molar-refractivity contribution is -0.159. The molecule has 0 N–H and O–H groups in total. The highest BCUT2D eigenvalue weighted by atomic mass is 32.1. The number of aromatic nitrogens is 1. The number of benzene rings is 1. The van der Waals surface area contributed by atoms with Gasteiger partial charge in [-0.1, -0.05) is 6.07 Å². The first-order valence-corrected chi connectivity index (χ1v) is 10.6.